The van der Waals surface area contributed by atoms with Crippen molar-refractivity contribution in [3.8, 4) is 5.75 Å². The highest BCUT2D eigenvalue weighted by molar-refractivity contribution is 9.10. The third-order valence-corrected chi connectivity index (χ3v) is 3.52. The summed E-state index contributed by atoms with van der Waals surface area (Å²) in [5, 5.41) is 20.0. The van der Waals surface area contributed by atoms with E-state index in [1.165, 1.54) is 12.1 Å². The number of benzene rings is 2. The van der Waals surface area contributed by atoms with Crippen LogP contribution in [-0.4, -0.2) is 10.0 Å². The van der Waals surface area contributed by atoms with Gasteiger partial charge in [0.15, 0.2) is 5.75 Å². The van der Waals surface area contributed by atoms with Crippen molar-refractivity contribution in [3.05, 3.63) is 68.2 Å². The van der Waals surface area contributed by atoms with E-state index in [-0.39, 0.29) is 24.7 Å². The molecule has 0 aliphatic heterocycles. The Balaban J connectivity index is 2.21. The molecule has 2 rings (SSSR count). The maximum absolute atomic E-state index is 11.0. The van der Waals surface area contributed by atoms with Crippen molar-refractivity contribution in [2.45, 2.75) is 13.2 Å². The number of rotatable bonds is 5. The van der Waals surface area contributed by atoms with Crippen LogP contribution < -0.4 is 4.74 Å². The molecule has 1 N–H and O–H groups in total. The molecule has 0 spiro atoms. The van der Waals surface area contributed by atoms with E-state index in [1.807, 2.05) is 24.3 Å². The zero-order chi connectivity index (χ0) is 14.5. The topological polar surface area (TPSA) is 72.6 Å². The summed E-state index contributed by atoms with van der Waals surface area (Å²) >= 11 is 3.39. The second-order valence-electron chi connectivity index (χ2n) is 4.10. The lowest BCUT2D eigenvalue weighted by atomic mass is 10.2. The van der Waals surface area contributed by atoms with Crippen LogP contribution in [-0.2, 0) is 13.2 Å². The van der Waals surface area contributed by atoms with Crippen LogP contribution in [0, 0.1) is 10.1 Å². The third-order valence-electron chi connectivity index (χ3n) is 2.74. The number of aliphatic hydroxyl groups is 1. The molecule has 0 atom stereocenters. The van der Waals surface area contributed by atoms with Crippen molar-refractivity contribution in [2.24, 2.45) is 0 Å². The average Bonchev–Trinajstić information content (AvgIpc) is 2.46. The SMILES string of the molecule is O=[N+]([O-])c1cc(CO)ccc1OCc1ccccc1Br. The Morgan fingerprint density at radius 2 is 2.00 bits per heavy atom. The predicted molar refractivity (Wildman–Crippen MR) is 77.5 cm³/mol. The summed E-state index contributed by atoms with van der Waals surface area (Å²) in [5.41, 5.74) is 1.22. The van der Waals surface area contributed by atoms with Gasteiger partial charge in [-0.25, -0.2) is 0 Å². The van der Waals surface area contributed by atoms with Gasteiger partial charge in [-0.05, 0) is 17.7 Å². The number of halogens is 1. The molecule has 0 bridgehead atoms. The Hall–Kier alpha value is -1.92. The van der Waals surface area contributed by atoms with Crippen molar-refractivity contribution < 1.29 is 14.8 Å². The van der Waals surface area contributed by atoms with E-state index in [4.69, 9.17) is 9.84 Å². The molecule has 0 radical (unpaired) electrons. The molecule has 0 heterocycles. The van der Waals surface area contributed by atoms with Gasteiger partial charge in [0.1, 0.15) is 6.61 Å². The molecule has 0 amide bonds. The predicted octanol–water partition coefficient (Wildman–Crippen LogP) is 3.43. The minimum atomic E-state index is -0.519. The van der Waals surface area contributed by atoms with Crippen molar-refractivity contribution in [1.82, 2.24) is 0 Å². The first-order chi connectivity index (χ1) is 9.61. The van der Waals surface area contributed by atoms with Crippen LogP contribution in [0.3, 0.4) is 0 Å². The van der Waals surface area contributed by atoms with E-state index in [9.17, 15) is 10.1 Å². The van der Waals surface area contributed by atoms with Crippen molar-refractivity contribution >= 4 is 21.6 Å². The molecule has 20 heavy (non-hydrogen) atoms. The van der Waals surface area contributed by atoms with Gasteiger partial charge in [0, 0.05) is 16.1 Å². The molecule has 0 aliphatic rings. The van der Waals surface area contributed by atoms with Crippen LogP contribution in [0.5, 0.6) is 5.75 Å². The molecule has 0 fully saturated rings. The normalized spacial score (nSPS) is 10.3. The van der Waals surface area contributed by atoms with Gasteiger partial charge < -0.3 is 9.84 Å². The molecular formula is C14H12BrNO4. The standard InChI is InChI=1S/C14H12BrNO4/c15-12-4-2-1-3-11(12)9-20-14-6-5-10(8-17)7-13(14)16(18)19/h1-7,17H,8-9H2. The summed E-state index contributed by atoms with van der Waals surface area (Å²) in [5.74, 6) is 0.183. The fraction of sp³-hybridized carbons (Fsp3) is 0.143. The van der Waals surface area contributed by atoms with Crippen LogP contribution in [0.15, 0.2) is 46.9 Å². The number of hydrogen-bond acceptors (Lipinski definition) is 4. The van der Waals surface area contributed by atoms with E-state index in [0.717, 1.165) is 10.0 Å². The zero-order valence-corrected chi connectivity index (χ0v) is 12.0. The summed E-state index contributed by atoms with van der Waals surface area (Å²) in [6.45, 7) is -0.0217. The van der Waals surface area contributed by atoms with Crippen LogP contribution in [0.2, 0.25) is 0 Å². The first kappa shape index (κ1) is 14.5. The third kappa shape index (κ3) is 3.34. The van der Waals surface area contributed by atoms with E-state index in [0.29, 0.717) is 5.56 Å². The fourth-order valence-electron chi connectivity index (χ4n) is 1.70. The molecule has 5 nitrogen and oxygen atoms in total. The lowest BCUT2D eigenvalue weighted by Gasteiger charge is -2.09. The Labute approximate surface area is 124 Å². The summed E-state index contributed by atoms with van der Waals surface area (Å²) in [6.07, 6.45) is 0. The molecule has 104 valence electrons. The maximum atomic E-state index is 11.0. The quantitative estimate of drug-likeness (QED) is 0.670. The Bertz CT molecular complexity index is 630. The highest BCUT2D eigenvalue weighted by Gasteiger charge is 2.16. The van der Waals surface area contributed by atoms with Crippen molar-refractivity contribution in [3.63, 3.8) is 0 Å². The second kappa shape index (κ2) is 6.49. The molecule has 0 saturated carbocycles. The largest absolute Gasteiger partial charge is 0.482 e. The maximum Gasteiger partial charge on any atom is 0.311 e. The summed E-state index contributed by atoms with van der Waals surface area (Å²) < 4.78 is 6.40. The highest BCUT2D eigenvalue weighted by atomic mass is 79.9. The minimum absolute atomic E-state index is 0.149. The van der Waals surface area contributed by atoms with Crippen LogP contribution in [0.4, 0.5) is 5.69 Å². The summed E-state index contributed by atoms with van der Waals surface area (Å²) in [4.78, 5) is 10.5. The van der Waals surface area contributed by atoms with Crippen molar-refractivity contribution in [1.29, 1.82) is 0 Å². The molecule has 0 unspecified atom stereocenters. The fourth-order valence-corrected chi connectivity index (χ4v) is 2.10. The lowest BCUT2D eigenvalue weighted by Crippen LogP contribution is -2.00. The van der Waals surface area contributed by atoms with Gasteiger partial charge in [-0.3, -0.25) is 10.1 Å². The van der Waals surface area contributed by atoms with E-state index < -0.39 is 4.92 Å². The lowest BCUT2D eigenvalue weighted by molar-refractivity contribution is -0.386. The molecule has 0 aliphatic carbocycles. The van der Waals surface area contributed by atoms with Crippen LogP contribution in [0.1, 0.15) is 11.1 Å². The Morgan fingerprint density at radius 1 is 1.25 bits per heavy atom. The molecule has 2 aromatic carbocycles. The molecule has 0 aromatic heterocycles. The summed E-state index contributed by atoms with van der Waals surface area (Å²) in [7, 11) is 0. The Morgan fingerprint density at radius 3 is 2.65 bits per heavy atom. The second-order valence-corrected chi connectivity index (χ2v) is 4.95. The smallest absolute Gasteiger partial charge is 0.311 e. The van der Waals surface area contributed by atoms with E-state index in [1.54, 1.807) is 6.07 Å². The minimum Gasteiger partial charge on any atom is -0.482 e. The average molecular weight is 338 g/mol. The number of ether oxygens (including phenoxy) is 1. The van der Waals surface area contributed by atoms with E-state index in [2.05, 4.69) is 15.9 Å². The zero-order valence-electron chi connectivity index (χ0n) is 10.5. The van der Waals surface area contributed by atoms with Gasteiger partial charge in [-0.15, -0.1) is 0 Å². The monoisotopic (exact) mass is 337 g/mol. The Kier molecular flexibility index (Phi) is 4.70. The molecular weight excluding hydrogens is 326 g/mol. The number of nitrogens with zero attached hydrogens (tertiary/aromatic N) is 1. The number of nitro benzene ring substituents is 1. The van der Waals surface area contributed by atoms with E-state index >= 15 is 0 Å². The summed E-state index contributed by atoms with van der Waals surface area (Å²) in [6, 6.07) is 11.9. The number of aliphatic hydroxyl groups excluding tert-OH is 1. The van der Waals surface area contributed by atoms with Gasteiger partial charge in [-0.1, -0.05) is 40.2 Å². The van der Waals surface area contributed by atoms with Gasteiger partial charge in [0.25, 0.3) is 0 Å². The van der Waals surface area contributed by atoms with Gasteiger partial charge in [0.05, 0.1) is 11.5 Å². The van der Waals surface area contributed by atoms with Crippen LogP contribution >= 0.6 is 15.9 Å². The number of hydrogen-bond donors (Lipinski definition) is 1. The molecule has 0 saturated heterocycles. The van der Waals surface area contributed by atoms with Crippen molar-refractivity contribution in [2.75, 3.05) is 0 Å². The first-order valence-corrected chi connectivity index (χ1v) is 6.65. The molecule has 2 aromatic rings. The first-order valence-electron chi connectivity index (χ1n) is 5.86. The van der Waals surface area contributed by atoms with Gasteiger partial charge in [0.2, 0.25) is 0 Å². The number of nitro groups is 1. The van der Waals surface area contributed by atoms with Gasteiger partial charge >= 0.3 is 5.69 Å². The molecule has 6 heteroatoms. The van der Waals surface area contributed by atoms with Gasteiger partial charge in [-0.2, -0.15) is 0 Å². The highest BCUT2D eigenvalue weighted by Crippen LogP contribution is 2.29. The van der Waals surface area contributed by atoms with Crippen LogP contribution in [0.25, 0.3) is 0 Å².